The van der Waals surface area contributed by atoms with Crippen LogP contribution < -0.4 is 5.32 Å². The lowest BCUT2D eigenvalue weighted by atomic mass is 9.89. The summed E-state index contributed by atoms with van der Waals surface area (Å²) >= 11 is 0. The molecule has 0 radical (unpaired) electrons. The molecule has 1 fully saturated rings. The molecule has 1 aromatic carbocycles. The van der Waals surface area contributed by atoms with E-state index in [-0.39, 0.29) is 16.8 Å². The van der Waals surface area contributed by atoms with Crippen molar-refractivity contribution >= 4 is 11.4 Å². The molecule has 1 aliphatic carbocycles. The topological polar surface area (TPSA) is 98.3 Å². The highest BCUT2D eigenvalue weighted by atomic mass is 16.6. The molecule has 0 atom stereocenters. The van der Waals surface area contributed by atoms with Crippen molar-refractivity contribution in [2.24, 2.45) is 5.41 Å². The molecule has 7 nitrogen and oxygen atoms in total. The number of nitro benzene ring substituents is 2. The third-order valence-electron chi connectivity index (χ3n) is 4.15. The van der Waals surface area contributed by atoms with E-state index in [1.807, 2.05) is 0 Å². The molecule has 0 bridgehead atoms. The van der Waals surface area contributed by atoms with Crippen LogP contribution in [0.25, 0.3) is 0 Å². The van der Waals surface area contributed by atoms with Gasteiger partial charge in [-0.15, -0.1) is 0 Å². The molecule has 1 N–H and O–H groups in total. The summed E-state index contributed by atoms with van der Waals surface area (Å²) in [5.74, 6) is 0. The maximum absolute atomic E-state index is 11.0. The molecule has 0 aromatic heterocycles. The molecule has 0 spiro atoms. The Bertz CT molecular complexity index is 553. The van der Waals surface area contributed by atoms with E-state index in [1.54, 1.807) is 0 Å². The molecule has 1 saturated carbocycles. The Hall–Kier alpha value is -2.02. The van der Waals surface area contributed by atoms with Crippen molar-refractivity contribution in [1.29, 1.82) is 0 Å². The molecule has 1 aliphatic rings. The Morgan fingerprint density at radius 2 is 1.86 bits per heavy atom. The van der Waals surface area contributed by atoms with Crippen molar-refractivity contribution in [3.63, 3.8) is 0 Å². The fourth-order valence-electron chi connectivity index (χ4n) is 2.89. The van der Waals surface area contributed by atoms with Gasteiger partial charge in [0.05, 0.1) is 15.9 Å². The summed E-state index contributed by atoms with van der Waals surface area (Å²) in [5, 5.41) is 25.0. The van der Waals surface area contributed by atoms with Gasteiger partial charge in [-0.2, -0.15) is 0 Å². The van der Waals surface area contributed by atoms with Gasteiger partial charge in [0.1, 0.15) is 0 Å². The van der Waals surface area contributed by atoms with Crippen LogP contribution in [0, 0.1) is 25.6 Å². The zero-order valence-electron chi connectivity index (χ0n) is 12.0. The van der Waals surface area contributed by atoms with Crippen LogP contribution in [0.5, 0.6) is 0 Å². The van der Waals surface area contributed by atoms with Gasteiger partial charge < -0.3 is 5.32 Å². The van der Waals surface area contributed by atoms with Crippen molar-refractivity contribution < 1.29 is 9.85 Å². The van der Waals surface area contributed by atoms with Crippen molar-refractivity contribution in [3.05, 3.63) is 44.0 Å². The molecule has 7 heteroatoms. The van der Waals surface area contributed by atoms with Crippen LogP contribution in [-0.4, -0.2) is 16.4 Å². The molecule has 114 valence electrons. The van der Waals surface area contributed by atoms with Crippen LogP contribution in [0.2, 0.25) is 0 Å². The molecule has 0 saturated heterocycles. The predicted octanol–water partition coefficient (Wildman–Crippen LogP) is 3.17. The van der Waals surface area contributed by atoms with Gasteiger partial charge in [-0.05, 0) is 24.3 Å². The molecule has 0 unspecified atom stereocenters. The average Bonchev–Trinajstić information content (AvgIpc) is 2.85. The molecule has 0 aliphatic heterocycles. The molecule has 21 heavy (non-hydrogen) atoms. The van der Waals surface area contributed by atoms with Gasteiger partial charge in [0, 0.05) is 24.7 Å². The van der Waals surface area contributed by atoms with E-state index >= 15 is 0 Å². The highest BCUT2D eigenvalue weighted by Crippen LogP contribution is 2.36. The molecular formula is C14H19N3O4. The zero-order valence-corrected chi connectivity index (χ0v) is 12.0. The lowest BCUT2D eigenvalue weighted by Gasteiger charge is -2.23. The molecule has 1 aromatic rings. The smallest absolute Gasteiger partial charge is 0.280 e. The summed E-state index contributed by atoms with van der Waals surface area (Å²) in [5.41, 5.74) is 0.281. The van der Waals surface area contributed by atoms with Gasteiger partial charge in [-0.1, -0.05) is 19.8 Å². The van der Waals surface area contributed by atoms with Gasteiger partial charge in [-0.25, -0.2) is 0 Å². The van der Waals surface area contributed by atoms with Crippen LogP contribution in [0.4, 0.5) is 11.4 Å². The summed E-state index contributed by atoms with van der Waals surface area (Å²) < 4.78 is 0. The van der Waals surface area contributed by atoms with E-state index in [9.17, 15) is 20.2 Å². The average molecular weight is 293 g/mol. The van der Waals surface area contributed by atoms with Gasteiger partial charge in [0.15, 0.2) is 0 Å². The van der Waals surface area contributed by atoms with Gasteiger partial charge >= 0.3 is 0 Å². The fraction of sp³-hybridized carbons (Fsp3) is 0.571. The SMILES string of the molecule is CC1(CNCc2ccc([N+](=O)[O-])cc2[N+](=O)[O-])CCCC1. The van der Waals surface area contributed by atoms with Gasteiger partial charge in [-0.3, -0.25) is 20.2 Å². The molecule has 0 amide bonds. The Balaban J connectivity index is 2.05. The number of rotatable bonds is 6. The maximum atomic E-state index is 11.0. The van der Waals surface area contributed by atoms with Crippen LogP contribution >= 0.6 is 0 Å². The number of hydrogen-bond acceptors (Lipinski definition) is 5. The number of non-ortho nitro benzene ring substituents is 1. The molecule has 2 rings (SSSR count). The predicted molar refractivity (Wildman–Crippen MR) is 78.0 cm³/mol. The largest absolute Gasteiger partial charge is 0.312 e. The standard InChI is InChI=1S/C14H19N3O4/c1-14(6-2-3-7-14)10-15-9-11-4-5-12(16(18)19)8-13(11)17(20)21/h4-5,8,15H,2-3,6-7,9-10H2,1H3. The van der Waals surface area contributed by atoms with E-state index in [4.69, 9.17) is 0 Å². The monoisotopic (exact) mass is 293 g/mol. The number of nitro groups is 2. The molecule has 0 heterocycles. The van der Waals surface area contributed by atoms with Crippen molar-refractivity contribution in [3.8, 4) is 0 Å². The summed E-state index contributed by atoms with van der Waals surface area (Å²) in [4.78, 5) is 20.5. The Morgan fingerprint density at radius 1 is 1.19 bits per heavy atom. The minimum absolute atomic E-state index is 0.201. The summed E-state index contributed by atoms with van der Waals surface area (Å²) in [6.45, 7) is 3.38. The number of benzene rings is 1. The van der Waals surface area contributed by atoms with Crippen LogP contribution in [0.1, 0.15) is 38.2 Å². The van der Waals surface area contributed by atoms with E-state index in [0.29, 0.717) is 12.1 Å². The molecular weight excluding hydrogens is 274 g/mol. The van der Waals surface area contributed by atoms with Crippen molar-refractivity contribution in [2.45, 2.75) is 39.2 Å². The lowest BCUT2D eigenvalue weighted by Crippen LogP contribution is -2.29. The summed E-state index contributed by atoms with van der Waals surface area (Å²) in [6, 6.07) is 3.79. The summed E-state index contributed by atoms with van der Waals surface area (Å²) in [7, 11) is 0. The minimum Gasteiger partial charge on any atom is -0.312 e. The van der Waals surface area contributed by atoms with Crippen molar-refractivity contribution in [2.75, 3.05) is 6.54 Å². The highest BCUT2D eigenvalue weighted by molar-refractivity contribution is 5.49. The normalized spacial score (nSPS) is 16.8. The van der Waals surface area contributed by atoms with Crippen molar-refractivity contribution in [1.82, 2.24) is 5.32 Å². The zero-order chi connectivity index (χ0) is 15.5. The Kier molecular flexibility index (Phi) is 4.52. The second-order valence-electron chi connectivity index (χ2n) is 5.95. The van der Waals surface area contributed by atoms with Crippen LogP contribution in [0.15, 0.2) is 18.2 Å². The third-order valence-corrected chi connectivity index (χ3v) is 4.15. The maximum Gasteiger partial charge on any atom is 0.280 e. The first-order valence-corrected chi connectivity index (χ1v) is 7.04. The Morgan fingerprint density at radius 3 is 2.43 bits per heavy atom. The second-order valence-corrected chi connectivity index (χ2v) is 5.95. The summed E-state index contributed by atoms with van der Waals surface area (Å²) in [6.07, 6.45) is 4.80. The van der Waals surface area contributed by atoms with Gasteiger partial charge in [0.2, 0.25) is 0 Å². The van der Waals surface area contributed by atoms with E-state index in [2.05, 4.69) is 12.2 Å². The fourth-order valence-corrected chi connectivity index (χ4v) is 2.89. The number of hydrogen-bond donors (Lipinski definition) is 1. The number of nitrogens with one attached hydrogen (secondary N) is 1. The first kappa shape index (κ1) is 15.4. The van der Waals surface area contributed by atoms with E-state index in [0.717, 1.165) is 12.6 Å². The quantitative estimate of drug-likeness (QED) is 0.641. The van der Waals surface area contributed by atoms with E-state index in [1.165, 1.54) is 37.8 Å². The second kappa shape index (κ2) is 6.17. The van der Waals surface area contributed by atoms with Gasteiger partial charge in [0.25, 0.3) is 11.4 Å². The Labute approximate surface area is 122 Å². The highest BCUT2D eigenvalue weighted by Gasteiger charge is 2.28. The van der Waals surface area contributed by atoms with Crippen LogP contribution in [-0.2, 0) is 6.54 Å². The minimum atomic E-state index is -0.621. The third kappa shape index (κ3) is 3.75. The lowest BCUT2D eigenvalue weighted by molar-refractivity contribution is -0.394. The van der Waals surface area contributed by atoms with Crippen LogP contribution in [0.3, 0.4) is 0 Å². The first-order valence-electron chi connectivity index (χ1n) is 7.04. The van der Waals surface area contributed by atoms with E-state index < -0.39 is 9.85 Å². The first-order chi connectivity index (χ1) is 9.91. The number of nitrogens with zero attached hydrogens (tertiary/aromatic N) is 2.